The fraction of sp³-hybridized carbons (Fsp3) is 0.500. The summed E-state index contributed by atoms with van der Waals surface area (Å²) >= 11 is 0. The molecule has 0 bridgehead atoms. The summed E-state index contributed by atoms with van der Waals surface area (Å²) in [4.78, 5) is 0. The average molecular weight is 283 g/mol. The molecule has 0 aliphatic heterocycles. The highest BCUT2D eigenvalue weighted by molar-refractivity contribution is 5.20. The maximum Gasteiger partial charge on any atom is 0.0537 e. The second-order valence-electron chi connectivity index (χ2n) is 6.22. The van der Waals surface area contributed by atoms with Crippen molar-refractivity contribution in [2.75, 3.05) is 0 Å². The number of hydrogen-bond donors (Lipinski definition) is 1. The lowest BCUT2D eigenvalue weighted by Crippen LogP contribution is -2.32. The highest BCUT2D eigenvalue weighted by atomic mass is 15.3. The Morgan fingerprint density at radius 2 is 1.86 bits per heavy atom. The lowest BCUT2D eigenvalue weighted by Gasteiger charge is -2.29. The lowest BCUT2D eigenvalue weighted by molar-refractivity contribution is 0.341. The molecule has 0 radical (unpaired) electrons. The van der Waals surface area contributed by atoms with Crippen LogP contribution in [-0.2, 0) is 13.6 Å². The van der Waals surface area contributed by atoms with E-state index < -0.39 is 0 Å². The van der Waals surface area contributed by atoms with Crippen LogP contribution in [0.25, 0.3) is 0 Å². The van der Waals surface area contributed by atoms with Crippen molar-refractivity contribution in [1.29, 1.82) is 0 Å². The standard InChI is InChI=1S/C18H25N3/c1-14-17(13-20-21(14)2)12-19-18-10-8-16(9-11-18)15-6-4-3-5-7-15/h3-7,13,16,18-19H,8-12H2,1-2H3. The molecular weight excluding hydrogens is 258 g/mol. The van der Waals surface area contributed by atoms with Gasteiger partial charge >= 0.3 is 0 Å². The van der Waals surface area contributed by atoms with Gasteiger partial charge in [-0.15, -0.1) is 0 Å². The van der Waals surface area contributed by atoms with Gasteiger partial charge in [-0.2, -0.15) is 5.10 Å². The summed E-state index contributed by atoms with van der Waals surface area (Å²) < 4.78 is 1.95. The molecule has 2 aromatic rings. The van der Waals surface area contributed by atoms with Gasteiger partial charge in [0.1, 0.15) is 0 Å². The molecule has 1 fully saturated rings. The third-order valence-electron chi connectivity index (χ3n) is 4.92. The zero-order valence-electron chi connectivity index (χ0n) is 13.0. The van der Waals surface area contributed by atoms with E-state index in [2.05, 4.69) is 47.7 Å². The van der Waals surface area contributed by atoms with Gasteiger partial charge in [-0.3, -0.25) is 4.68 Å². The van der Waals surface area contributed by atoms with Crippen LogP contribution in [0.1, 0.15) is 48.4 Å². The molecule has 1 heterocycles. The molecule has 1 N–H and O–H groups in total. The molecule has 112 valence electrons. The van der Waals surface area contributed by atoms with Gasteiger partial charge in [-0.25, -0.2) is 0 Å². The summed E-state index contributed by atoms with van der Waals surface area (Å²) in [6.45, 7) is 3.08. The molecule has 3 rings (SSSR count). The SMILES string of the molecule is Cc1c(CNC2CCC(c3ccccc3)CC2)cnn1C. The van der Waals surface area contributed by atoms with Crippen molar-refractivity contribution in [2.24, 2.45) is 7.05 Å². The smallest absolute Gasteiger partial charge is 0.0537 e. The van der Waals surface area contributed by atoms with Crippen LogP contribution in [0, 0.1) is 6.92 Å². The number of rotatable bonds is 4. The Morgan fingerprint density at radius 1 is 1.14 bits per heavy atom. The van der Waals surface area contributed by atoms with Crippen molar-refractivity contribution in [3.8, 4) is 0 Å². The van der Waals surface area contributed by atoms with E-state index >= 15 is 0 Å². The third kappa shape index (κ3) is 3.35. The second kappa shape index (κ2) is 6.44. The van der Waals surface area contributed by atoms with Crippen molar-refractivity contribution < 1.29 is 0 Å². The minimum absolute atomic E-state index is 0.657. The molecule has 21 heavy (non-hydrogen) atoms. The van der Waals surface area contributed by atoms with E-state index in [0.717, 1.165) is 12.5 Å². The Kier molecular flexibility index (Phi) is 4.39. The molecule has 0 amide bonds. The van der Waals surface area contributed by atoms with Crippen LogP contribution in [0.15, 0.2) is 36.5 Å². The van der Waals surface area contributed by atoms with Crippen LogP contribution in [0.5, 0.6) is 0 Å². The molecule has 1 saturated carbocycles. The van der Waals surface area contributed by atoms with Gasteiger partial charge in [0.25, 0.3) is 0 Å². The van der Waals surface area contributed by atoms with Crippen LogP contribution >= 0.6 is 0 Å². The van der Waals surface area contributed by atoms with E-state index in [1.54, 1.807) is 0 Å². The summed E-state index contributed by atoms with van der Waals surface area (Å²) in [5.74, 6) is 0.754. The highest BCUT2D eigenvalue weighted by Crippen LogP contribution is 2.32. The van der Waals surface area contributed by atoms with Crippen LogP contribution in [0.2, 0.25) is 0 Å². The van der Waals surface area contributed by atoms with Gasteiger partial charge in [0.2, 0.25) is 0 Å². The first-order valence-corrected chi connectivity index (χ1v) is 8.00. The van der Waals surface area contributed by atoms with Crippen molar-refractivity contribution in [2.45, 2.75) is 51.1 Å². The Labute approximate surface area is 127 Å². The Morgan fingerprint density at radius 3 is 2.48 bits per heavy atom. The van der Waals surface area contributed by atoms with Gasteiger partial charge in [-0.1, -0.05) is 30.3 Å². The number of aromatic nitrogens is 2. The summed E-state index contributed by atoms with van der Waals surface area (Å²) in [5.41, 5.74) is 4.10. The fourth-order valence-electron chi connectivity index (χ4n) is 3.33. The molecular formula is C18H25N3. The molecule has 1 aliphatic rings. The predicted molar refractivity (Wildman–Crippen MR) is 86.2 cm³/mol. The maximum atomic E-state index is 4.31. The number of hydrogen-bond acceptors (Lipinski definition) is 2. The first-order valence-electron chi connectivity index (χ1n) is 8.00. The zero-order chi connectivity index (χ0) is 14.7. The van der Waals surface area contributed by atoms with Gasteiger partial charge in [-0.05, 0) is 44.1 Å². The quantitative estimate of drug-likeness (QED) is 0.930. The molecule has 3 heteroatoms. The van der Waals surface area contributed by atoms with Crippen molar-refractivity contribution in [1.82, 2.24) is 15.1 Å². The minimum atomic E-state index is 0.657. The predicted octanol–water partition coefficient (Wildman–Crippen LogP) is 3.54. The summed E-state index contributed by atoms with van der Waals surface area (Å²) in [6.07, 6.45) is 7.14. The number of nitrogens with zero attached hydrogens (tertiary/aromatic N) is 2. The van der Waals surface area contributed by atoms with Gasteiger partial charge in [0, 0.05) is 30.9 Å². The molecule has 1 aliphatic carbocycles. The first-order chi connectivity index (χ1) is 10.2. The van der Waals surface area contributed by atoms with Crippen LogP contribution in [0.4, 0.5) is 0 Å². The summed E-state index contributed by atoms with van der Waals surface area (Å²) in [5, 5.41) is 8.02. The number of nitrogens with one attached hydrogen (secondary N) is 1. The summed E-state index contributed by atoms with van der Waals surface area (Å²) in [7, 11) is 2.00. The Bertz CT molecular complexity index is 565. The van der Waals surface area contributed by atoms with Crippen molar-refractivity contribution in [3.63, 3.8) is 0 Å². The Balaban J connectivity index is 1.49. The molecule has 0 unspecified atom stereocenters. The molecule has 0 saturated heterocycles. The van der Waals surface area contributed by atoms with Crippen LogP contribution < -0.4 is 5.32 Å². The van der Waals surface area contributed by atoms with Gasteiger partial charge < -0.3 is 5.32 Å². The summed E-state index contributed by atoms with van der Waals surface area (Å²) in [6, 6.07) is 11.6. The van der Waals surface area contributed by atoms with E-state index in [0.29, 0.717) is 6.04 Å². The van der Waals surface area contributed by atoms with Gasteiger partial charge in [0.15, 0.2) is 0 Å². The topological polar surface area (TPSA) is 29.9 Å². The van der Waals surface area contributed by atoms with E-state index in [1.165, 1.54) is 42.5 Å². The molecule has 0 spiro atoms. The van der Waals surface area contributed by atoms with Crippen LogP contribution in [0.3, 0.4) is 0 Å². The lowest BCUT2D eigenvalue weighted by atomic mass is 9.82. The van der Waals surface area contributed by atoms with E-state index in [4.69, 9.17) is 0 Å². The molecule has 3 nitrogen and oxygen atoms in total. The van der Waals surface area contributed by atoms with E-state index in [-0.39, 0.29) is 0 Å². The van der Waals surface area contributed by atoms with Gasteiger partial charge in [0.05, 0.1) is 6.20 Å². The number of aryl methyl sites for hydroxylation is 1. The molecule has 1 aromatic heterocycles. The highest BCUT2D eigenvalue weighted by Gasteiger charge is 2.22. The fourth-order valence-corrected chi connectivity index (χ4v) is 3.33. The van der Waals surface area contributed by atoms with Crippen molar-refractivity contribution >= 4 is 0 Å². The van der Waals surface area contributed by atoms with E-state index in [1.807, 2.05) is 17.9 Å². The normalized spacial score (nSPS) is 22.4. The monoisotopic (exact) mass is 283 g/mol. The molecule has 1 aromatic carbocycles. The maximum absolute atomic E-state index is 4.31. The first kappa shape index (κ1) is 14.3. The largest absolute Gasteiger partial charge is 0.310 e. The van der Waals surface area contributed by atoms with E-state index in [9.17, 15) is 0 Å². The molecule has 0 atom stereocenters. The second-order valence-corrected chi connectivity index (χ2v) is 6.22. The van der Waals surface area contributed by atoms with Crippen LogP contribution in [-0.4, -0.2) is 15.8 Å². The Hall–Kier alpha value is -1.61. The average Bonchev–Trinajstić information content (AvgIpc) is 2.86. The minimum Gasteiger partial charge on any atom is -0.310 e. The zero-order valence-corrected chi connectivity index (χ0v) is 13.0. The van der Waals surface area contributed by atoms with Crippen molar-refractivity contribution in [3.05, 3.63) is 53.3 Å². The third-order valence-corrected chi connectivity index (χ3v) is 4.92. The number of benzene rings is 1.